The number of hydrogen-bond donors (Lipinski definition) is 4. The quantitative estimate of drug-likeness (QED) is 0.245. The van der Waals surface area contributed by atoms with Crippen molar-refractivity contribution < 1.29 is 14.3 Å². The summed E-state index contributed by atoms with van der Waals surface area (Å²) in [7, 11) is 1.82. The molecule has 3 aromatic heterocycles. The second-order valence-corrected chi connectivity index (χ2v) is 10.5. The number of anilines is 3. The Labute approximate surface area is 238 Å². The molecule has 4 aromatic rings. The first-order valence-electron chi connectivity index (χ1n) is 12.2. The molecule has 0 aliphatic carbocycles. The number of nitrogens with zero attached hydrogens (tertiary/aromatic N) is 5. The molecule has 1 fully saturated rings. The standard InChI is InChI=1S/C17H22ClFN6S.C9H6N2O3/c1-22-11-3-2-4-12(14(11)18)26-16-15(20)24-13(9-23-16)25-7-5-17(21,10-19)6-8-25;12-5-6-8(13)10-7-3-1-2-4-11(7)9(6)14/h2-4,9,22H,5-8,10,21H2,1H3,(H2,20,24);1-5,13H. The maximum atomic E-state index is 13.0. The molecular weight excluding hydrogens is 559 g/mol. The smallest absolute Gasteiger partial charge is 0.272 e. The van der Waals surface area contributed by atoms with E-state index in [0.29, 0.717) is 59.5 Å². The third-order valence-electron chi connectivity index (χ3n) is 6.41. The Hall–Kier alpha value is -3.94. The van der Waals surface area contributed by atoms with E-state index in [1.165, 1.54) is 22.4 Å². The number of pyridine rings is 1. The highest BCUT2D eigenvalue weighted by Crippen LogP contribution is 2.38. The normalized spacial score (nSPS) is 14.3. The molecule has 40 heavy (non-hydrogen) atoms. The van der Waals surface area contributed by atoms with Crippen LogP contribution in [-0.4, -0.2) is 63.1 Å². The zero-order valence-corrected chi connectivity index (χ0v) is 23.1. The Morgan fingerprint density at radius 3 is 2.62 bits per heavy atom. The average Bonchev–Trinajstić information content (AvgIpc) is 2.96. The third kappa shape index (κ3) is 6.27. The monoisotopic (exact) mass is 586 g/mol. The molecule has 4 heterocycles. The number of benzene rings is 1. The second-order valence-electron chi connectivity index (χ2n) is 9.07. The number of aldehydes is 1. The van der Waals surface area contributed by atoms with Crippen LogP contribution in [0.15, 0.2) is 63.5 Å². The molecule has 0 radical (unpaired) electrons. The van der Waals surface area contributed by atoms with Gasteiger partial charge < -0.3 is 26.8 Å². The van der Waals surface area contributed by atoms with Gasteiger partial charge in [-0.3, -0.25) is 14.0 Å². The lowest BCUT2D eigenvalue weighted by molar-refractivity contribution is 0.111. The van der Waals surface area contributed by atoms with Gasteiger partial charge in [-0.25, -0.2) is 14.4 Å². The minimum absolute atomic E-state index is 0.296. The predicted molar refractivity (Wildman–Crippen MR) is 154 cm³/mol. The average molecular weight is 587 g/mol. The van der Waals surface area contributed by atoms with E-state index >= 15 is 0 Å². The van der Waals surface area contributed by atoms with Gasteiger partial charge in [-0.05, 0) is 37.1 Å². The number of aromatic nitrogens is 4. The molecule has 0 bridgehead atoms. The first kappa shape index (κ1) is 29.1. The lowest BCUT2D eigenvalue weighted by atomic mass is 9.90. The Morgan fingerprint density at radius 2 is 1.98 bits per heavy atom. The number of nitrogen functional groups attached to an aromatic ring is 1. The molecule has 1 aliphatic rings. The summed E-state index contributed by atoms with van der Waals surface area (Å²) >= 11 is 7.75. The van der Waals surface area contributed by atoms with Crippen molar-refractivity contribution >= 4 is 52.6 Å². The summed E-state index contributed by atoms with van der Waals surface area (Å²) in [6.07, 6.45) is 4.62. The minimum Gasteiger partial charge on any atom is -0.493 e. The van der Waals surface area contributed by atoms with Gasteiger partial charge in [0.25, 0.3) is 5.56 Å². The van der Waals surface area contributed by atoms with E-state index in [1.54, 1.807) is 24.4 Å². The van der Waals surface area contributed by atoms with Crippen molar-refractivity contribution in [3.8, 4) is 5.88 Å². The van der Waals surface area contributed by atoms with Gasteiger partial charge in [0.2, 0.25) is 5.88 Å². The van der Waals surface area contributed by atoms with Crippen LogP contribution in [0.4, 0.5) is 21.7 Å². The summed E-state index contributed by atoms with van der Waals surface area (Å²) in [4.78, 5) is 37.5. The van der Waals surface area contributed by atoms with Crippen LogP contribution in [0, 0.1) is 0 Å². The first-order chi connectivity index (χ1) is 19.2. The Kier molecular flexibility index (Phi) is 9.07. The number of piperidine rings is 1. The fraction of sp³-hybridized carbons (Fsp3) is 0.269. The number of halogens is 2. The van der Waals surface area contributed by atoms with Gasteiger partial charge in [0.05, 0.1) is 16.9 Å². The summed E-state index contributed by atoms with van der Waals surface area (Å²) in [5.74, 6) is 0.493. The zero-order chi connectivity index (χ0) is 28.9. The molecule has 0 unspecified atom stereocenters. The fourth-order valence-corrected chi connectivity index (χ4v) is 5.16. The van der Waals surface area contributed by atoms with Gasteiger partial charge in [-0.15, -0.1) is 0 Å². The summed E-state index contributed by atoms with van der Waals surface area (Å²) in [6, 6.07) is 10.6. The van der Waals surface area contributed by atoms with Crippen LogP contribution in [0.25, 0.3) is 5.65 Å². The van der Waals surface area contributed by atoms with Crippen molar-refractivity contribution in [3.63, 3.8) is 0 Å². The summed E-state index contributed by atoms with van der Waals surface area (Å²) < 4.78 is 14.2. The molecule has 0 atom stereocenters. The van der Waals surface area contributed by atoms with E-state index < -0.39 is 23.7 Å². The highest BCUT2D eigenvalue weighted by molar-refractivity contribution is 7.99. The summed E-state index contributed by atoms with van der Waals surface area (Å²) in [6.45, 7) is 0.769. The van der Waals surface area contributed by atoms with Crippen LogP contribution in [-0.2, 0) is 0 Å². The summed E-state index contributed by atoms with van der Waals surface area (Å²) in [5.41, 5.74) is 11.6. The number of nitrogens with one attached hydrogen (secondary N) is 1. The second kappa shape index (κ2) is 12.5. The van der Waals surface area contributed by atoms with Crippen molar-refractivity contribution in [2.45, 2.75) is 28.3 Å². The van der Waals surface area contributed by atoms with E-state index in [1.807, 2.05) is 30.1 Å². The largest absolute Gasteiger partial charge is 0.493 e. The third-order valence-corrected chi connectivity index (χ3v) is 7.99. The van der Waals surface area contributed by atoms with Crippen LogP contribution in [0.2, 0.25) is 5.02 Å². The van der Waals surface area contributed by atoms with E-state index in [2.05, 4.69) is 20.3 Å². The van der Waals surface area contributed by atoms with E-state index in [9.17, 15) is 19.1 Å². The fourth-order valence-electron chi connectivity index (χ4n) is 4.01. The number of carbonyl (C=O) groups excluding carboxylic acids is 1. The molecule has 11 nitrogen and oxygen atoms in total. The van der Waals surface area contributed by atoms with Gasteiger partial charge in [-0.1, -0.05) is 35.5 Å². The van der Waals surface area contributed by atoms with Crippen molar-refractivity contribution in [3.05, 3.63) is 69.7 Å². The number of aromatic hydroxyl groups is 1. The Balaban J connectivity index is 0.000000222. The van der Waals surface area contributed by atoms with Gasteiger partial charge in [0.1, 0.15) is 28.7 Å². The lowest BCUT2D eigenvalue weighted by Crippen LogP contribution is -2.52. The molecular formula is C26H28ClFN8O3S. The molecule has 0 spiro atoms. The molecule has 0 amide bonds. The molecule has 6 N–H and O–H groups in total. The van der Waals surface area contributed by atoms with E-state index in [4.69, 9.17) is 23.1 Å². The SMILES string of the molecule is CNc1cccc(Sc2ncc(N3CCC(N)(CF)CC3)nc2N)c1Cl.O=Cc1c(O)nc2ccccn2c1=O. The zero-order valence-electron chi connectivity index (χ0n) is 21.6. The van der Waals surface area contributed by atoms with E-state index in [-0.39, 0.29) is 5.56 Å². The van der Waals surface area contributed by atoms with Gasteiger partial charge >= 0.3 is 0 Å². The maximum Gasteiger partial charge on any atom is 0.272 e. The summed E-state index contributed by atoms with van der Waals surface area (Å²) in [5, 5.41) is 13.5. The molecule has 14 heteroatoms. The topological polar surface area (TPSA) is 165 Å². The highest BCUT2D eigenvalue weighted by Gasteiger charge is 2.31. The van der Waals surface area contributed by atoms with Crippen LogP contribution < -0.4 is 27.2 Å². The predicted octanol–water partition coefficient (Wildman–Crippen LogP) is 3.38. The van der Waals surface area contributed by atoms with Crippen LogP contribution in [0.1, 0.15) is 23.2 Å². The highest BCUT2D eigenvalue weighted by atomic mass is 35.5. The number of rotatable bonds is 6. The van der Waals surface area contributed by atoms with Gasteiger partial charge in [0.15, 0.2) is 12.1 Å². The Bertz CT molecular complexity index is 1580. The molecule has 5 rings (SSSR count). The Morgan fingerprint density at radius 1 is 1.23 bits per heavy atom. The molecule has 1 saturated heterocycles. The van der Waals surface area contributed by atoms with Crippen LogP contribution >= 0.6 is 23.4 Å². The van der Waals surface area contributed by atoms with Crippen LogP contribution in [0.3, 0.4) is 0 Å². The van der Waals surface area contributed by atoms with Gasteiger partial charge in [-0.2, -0.15) is 4.98 Å². The van der Waals surface area contributed by atoms with Crippen molar-refractivity contribution in [2.75, 3.05) is 42.8 Å². The number of hydrogen-bond acceptors (Lipinski definition) is 11. The van der Waals surface area contributed by atoms with Crippen LogP contribution in [0.5, 0.6) is 5.88 Å². The first-order valence-corrected chi connectivity index (χ1v) is 13.4. The molecule has 1 aliphatic heterocycles. The maximum absolute atomic E-state index is 13.0. The van der Waals surface area contributed by atoms with Gasteiger partial charge in [0, 0.05) is 36.8 Å². The molecule has 210 valence electrons. The number of alkyl halides is 1. The van der Waals surface area contributed by atoms with Crippen molar-refractivity contribution in [2.24, 2.45) is 5.73 Å². The lowest BCUT2D eigenvalue weighted by Gasteiger charge is -2.37. The molecule has 0 saturated carbocycles. The number of fused-ring (bicyclic) bond motifs is 1. The number of carbonyl (C=O) groups is 1. The van der Waals surface area contributed by atoms with Crippen molar-refractivity contribution in [1.29, 1.82) is 0 Å². The molecule has 1 aromatic carbocycles. The minimum atomic E-state index is -0.722. The van der Waals surface area contributed by atoms with E-state index in [0.717, 1.165) is 10.6 Å². The van der Waals surface area contributed by atoms with Crippen molar-refractivity contribution in [1.82, 2.24) is 19.4 Å². The number of nitrogens with two attached hydrogens (primary N) is 2.